The molecule has 0 aliphatic carbocycles. The summed E-state index contributed by atoms with van der Waals surface area (Å²) in [6.07, 6.45) is 2.94. The third kappa shape index (κ3) is 4.09. The lowest BCUT2D eigenvalue weighted by Crippen LogP contribution is -2.41. The summed E-state index contributed by atoms with van der Waals surface area (Å²) in [5.41, 5.74) is 3.24. The first kappa shape index (κ1) is 18.7. The van der Waals surface area contributed by atoms with Gasteiger partial charge >= 0.3 is 0 Å². The van der Waals surface area contributed by atoms with Gasteiger partial charge in [-0.25, -0.2) is 4.99 Å². The van der Waals surface area contributed by atoms with Gasteiger partial charge in [0.25, 0.3) is 0 Å². The predicted molar refractivity (Wildman–Crippen MR) is 112 cm³/mol. The first-order chi connectivity index (χ1) is 13.7. The molecule has 0 saturated carbocycles. The molecule has 2 aromatic rings. The van der Waals surface area contributed by atoms with Crippen LogP contribution < -0.4 is 5.32 Å². The van der Waals surface area contributed by atoms with Gasteiger partial charge in [0.15, 0.2) is 0 Å². The predicted octanol–water partition coefficient (Wildman–Crippen LogP) is 3.82. The van der Waals surface area contributed by atoms with Gasteiger partial charge in [0.1, 0.15) is 12.6 Å². The van der Waals surface area contributed by atoms with Crippen molar-refractivity contribution in [3.63, 3.8) is 0 Å². The minimum absolute atomic E-state index is 0.0195. The minimum Gasteiger partial charge on any atom is -0.477 e. The van der Waals surface area contributed by atoms with Gasteiger partial charge < -0.3 is 10.1 Å². The van der Waals surface area contributed by atoms with Crippen molar-refractivity contribution >= 4 is 17.5 Å². The fourth-order valence-electron chi connectivity index (χ4n) is 4.04. The molecular formula is C23H27N3O2. The zero-order chi connectivity index (χ0) is 19.3. The Labute approximate surface area is 166 Å². The number of aliphatic imine (C=N–C) groups is 1. The highest BCUT2D eigenvalue weighted by atomic mass is 16.5. The Kier molecular flexibility index (Phi) is 5.72. The molecule has 5 heteroatoms. The number of aryl methyl sites for hydroxylation is 1. The molecule has 5 nitrogen and oxygen atoms in total. The molecule has 1 N–H and O–H groups in total. The average molecular weight is 377 g/mol. The van der Waals surface area contributed by atoms with Crippen molar-refractivity contribution in [1.82, 2.24) is 4.90 Å². The number of hydrogen-bond acceptors (Lipinski definition) is 4. The number of hydrogen-bond donors (Lipinski definition) is 1. The molecule has 2 aliphatic rings. The maximum atomic E-state index is 12.6. The molecule has 1 saturated heterocycles. The summed E-state index contributed by atoms with van der Waals surface area (Å²) in [7, 11) is 0. The fourth-order valence-corrected chi connectivity index (χ4v) is 4.04. The minimum atomic E-state index is 0.0195. The molecule has 0 aromatic heterocycles. The zero-order valence-electron chi connectivity index (χ0n) is 16.3. The topological polar surface area (TPSA) is 53.9 Å². The lowest BCUT2D eigenvalue weighted by Gasteiger charge is -2.23. The van der Waals surface area contributed by atoms with Gasteiger partial charge in [0.2, 0.25) is 11.8 Å². The molecule has 1 amide bonds. The molecule has 4 rings (SSSR count). The number of rotatable bonds is 6. The van der Waals surface area contributed by atoms with Crippen LogP contribution >= 0.6 is 0 Å². The highest BCUT2D eigenvalue weighted by Crippen LogP contribution is 2.28. The summed E-state index contributed by atoms with van der Waals surface area (Å²) >= 11 is 0. The van der Waals surface area contributed by atoms with Crippen LogP contribution in [0.15, 0.2) is 59.6 Å². The molecule has 2 heterocycles. The van der Waals surface area contributed by atoms with E-state index in [0.717, 1.165) is 43.0 Å². The third-order valence-corrected chi connectivity index (χ3v) is 5.52. The summed E-state index contributed by atoms with van der Waals surface area (Å²) in [6, 6.07) is 18.4. The van der Waals surface area contributed by atoms with E-state index in [2.05, 4.69) is 35.3 Å². The number of amides is 1. The highest BCUT2D eigenvalue weighted by molar-refractivity contribution is 5.93. The number of anilines is 1. The number of nitrogens with one attached hydrogen (secondary N) is 1. The van der Waals surface area contributed by atoms with Gasteiger partial charge in [-0.05, 0) is 43.0 Å². The highest BCUT2D eigenvalue weighted by Gasteiger charge is 2.35. The van der Waals surface area contributed by atoms with Gasteiger partial charge in [-0.15, -0.1) is 0 Å². The van der Waals surface area contributed by atoms with Gasteiger partial charge in [0, 0.05) is 5.69 Å². The molecule has 0 radical (unpaired) electrons. The lowest BCUT2D eigenvalue weighted by atomic mass is 10.1. The van der Waals surface area contributed by atoms with E-state index in [1.807, 2.05) is 36.4 Å². The Bertz CT molecular complexity index is 850. The first-order valence-corrected chi connectivity index (χ1v) is 10.1. The van der Waals surface area contributed by atoms with Crippen LogP contribution in [0.3, 0.4) is 0 Å². The Morgan fingerprint density at radius 1 is 1.18 bits per heavy atom. The van der Waals surface area contributed by atoms with Crippen LogP contribution in [0.5, 0.6) is 0 Å². The summed E-state index contributed by atoms with van der Waals surface area (Å²) in [5, 5.41) is 3.07. The van der Waals surface area contributed by atoms with E-state index in [0.29, 0.717) is 13.2 Å². The number of benzene rings is 2. The molecule has 146 valence electrons. The number of carbonyl (C=O) groups is 1. The van der Waals surface area contributed by atoms with Crippen molar-refractivity contribution in [1.29, 1.82) is 0 Å². The van der Waals surface area contributed by atoms with Gasteiger partial charge in [-0.3, -0.25) is 9.69 Å². The quantitative estimate of drug-likeness (QED) is 0.833. The van der Waals surface area contributed by atoms with E-state index < -0.39 is 0 Å². The Hall–Kier alpha value is -2.66. The van der Waals surface area contributed by atoms with Crippen LogP contribution in [-0.4, -0.2) is 42.4 Å². The fraction of sp³-hybridized carbons (Fsp3) is 0.391. The van der Waals surface area contributed by atoms with Gasteiger partial charge in [-0.1, -0.05) is 55.5 Å². The molecule has 28 heavy (non-hydrogen) atoms. The van der Waals surface area contributed by atoms with Crippen LogP contribution in [0.2, 0.25) is 0 Å². The van der Waals surface area contributed by atoms with Crippen molar-refractivity contribution in [2.75, 3.05) is 25.0 Å². The smallest absolute Gasteiger partial charge is 0.238 e. The first-order valence-electron chi connectivity index (χ1n) is 10.1. The standard InChI is InChI=1S/C23H27N3O2/c1-2-17-9-6-7-12-19(17)24-22(27)15-26-14-8-13-21(26)23-25-20(16-28-23)18-10-4-3-5-11-18/h3-7,9-12,20-21H,2,8,13-16H2,1H3,(H,24,27). The van der Waals surface area contributed by atoms with Gasteiger partial charge in [0.05, 0.1) is 12.6 Å². The summed E-state index contributed by atoms with van der Waals surface area (Å²) in [4.78, 5) is 19.7. The summed E-state index contributed by atoms with van der Waals surface area (Å²) in [6.45, 7) is 3.94. The van der Waals surface area contributed by atoms with Gasteiger partial charge in [-0.2, -0.15) is 0 Å². The average Bonchev–Trinajstić information content (AvgIpc) is 3.38. The van der Waals surface area contributed by atoms with E-state index in [-0.39, 0.29) is 18.0 Å². The molecular weight excluding hydrogens is 350 g/mol. The van der Waals surface area contributed by atoms with Crippen LogP contribution in [0, 0.1) is 0 Å². The Morgan fingerprint density at radius 2 is 1.96 bits per heavy atom. The molecule has 0 bridgehead atoms. The van der Waals surface area contributed by atoms with Crippen molar-refractivity contribution in [2.24, 2.45) is 4.99 Å². The summed E-state index contributed by atoms with van der Waals surface area (Å²) < 4.78 is 5.95. The maximum Gasteiger partial charge on any atom is 0.238 e. The number of likely N-dealkylation sites (tertiary alicyclic amines) is 1. The van der Waals surface area contributed by atoms with E-state index in [1.165, 1.54) is 5.56 Å². The molecule has 2 atom stereocenters. The van der Waals surface area contributed by atoms with Crippen molar-refractivity contribution in [3.8, 4) is 0 Å². The van der Waals surface area contributed by atoms with E-state index in [1.54, 1.807) is 0 Å². The van der Waals surface area contributed by atoms with E-state index in [9.17, 15) is 4.79 Å². The van der Waals surface area contributed by atoms with E-state index >= 15 is 0 Å². The molecule has 2 aliphatic heterocycles. The van der Waals surface area contributed by atoms with E-state index in [4.69, 9.17) is 9.73 Å². The number of carbonyl (C=O) groups excluding carboxylic acids is 1. The van der Waals surface area contributed by atoms with Crippen LogP contribution in [-0.2, 0) is 16.0 Å². The third-order valence-electron chi connectivity index (χ3n) is 5.52. The Balaban J connectivity index is 1.40. The number of nitrogens with zero attached hydrogens (tertiary/aromatic N) is 2. The summed E-state index contributed by atoms with van der Waals surface area (Å²) in [5.74, 6) is 0.805. The molecule has 2 unspecified atom stereocenters. The van der Waals surface area contributed by atoms with Crippen molar-refractivity contribution in [3.05, 3.63) is 65.7 Å². The normalized spacial score (nSPS) is 22.0. The zero-order valence-corrected chi connectivity index (χ0v) is 16.3. The SMILES string of the molecule is CCc1ccccc1NC(=O)CN1CCCC1C1=NC(c2ccccc2)CO1. The second-order valence-electron chi connectivity index (χ2n) is 7.39. The number of ether oxygens (including phenoxy) is 1. The maximum absolute atomic E-state index is 12.6. The monoisotopic (exact) mass is 377 g/mol. The van der Waals surface area contributed by atoms with Crippen molar-refractivity contribution < 1.29 is 9.53 Å². The second-order valence-corrected chi connectivity index (χ2v) is 7.39. The lowest BCUT2D eigenvalue weighted by molar-refractivity contribution is -0.117. The molecule has 0 spiro atoms. The second kappa shape index (κ2) is 8.57. The number of para-hydroxylation sites is 1. The van der Waals surface area contributed by atoms with Crippen LogP contribution in [0.4, 0.5) is 5.69 Å². The van der Waals surface area contributed by atoms with Crippen LogP contribution in [0.1, 0.15) is 36.9 Å². The van der Waals surface area contributed by atoms with Crippen LogP contribution in [0.25, 0.3) is 0 Å². The molecule has 1 fully saturated rings. The Morgan fingerprint density at radius 3 is 2.79 bits per heavy atom. The molecule has 2 aromatic carbocycles. The van der Waals surface area contributed by atoms with Crippen molar-refractivity contribution in [2.45, 2.75) is 38.3 Å². The largest absolute Gasteiger partial charge is 0.477 e.